The van der Waals surface area contributed by atoms with Gasteiger partial charge in [-0.15, -0.1) is 10.2 Å². The van der Waals surface area contributed by atoms with Gasteiger partial charge in [0.05, 0.1) is 0 Å². The lowest BCUT2D eigenvalue weighted by Gasteiger charge is -2.10. The molecule has 1 fully saturated rings. The van der Waals surface area contributed by atoms with E-state index in [2.05, 4.69) is 31.4 Å². The van der Waals surface area contributed by atoms with Crippen LogP contribution >= 0.6 is 15.9 Å². The summed E-state index contributed by atoms with van der Waals surface area (Å²) in [4.78, 5) is 25.8. The molecule has 1 aliphatic heterocycles. The van der Waals surface area contributed by atoms with E-state index in [-0.39, 0.29) is 24.2 Å². The van der Waals surface area contributed by atoms with E-state index < -0.39 is 12.1 Å². The van der Waals surface area contributed by atoms with E-state index in [4.69, 9.17) is 8.83 Å². The number of nitrogens with one attached hydrogen (secondary N) is 1. The van der Waals surface area contributed by atoms with Gasteiger partial charge in [-0.05, 0) is 33.6 Å². The van der Waals surface area contributed by atoms with Gasteiger partial charge < -0.3 is 14.2 Å². The lowest BCUT2D eigenvalue weighted by Crippen LogP contribution is -2.32. The van der Waals surface area contributed by atoms with Crippen molar-refractivity contribution in [2.45, 2.75) is 19.0 Å². The normalized spacial score (nSPS) is 17.0. The quantitative estimate of drug-likeness (QED) is 0.641. The monoisotopic (exact) mass is 416 g/mol. The number of halogens is 1. The van der Waals surface area contributed by atoms with Crippen molar-refractivity contribution in [2.24, 2.45) is 0 Å². The van der Waals surface area contributed by atoms with E-state index in [1.807, 2.05) is 30.3 Å². The number of hydrogen-bond donors (Lipinski definition) is 1. The third kappa shape index (κ3) is 3.25. The number of benzene rings is 1. The zero-order chi connectivity index (χ0) is 18.1. The molecule has 4 rings (SSSR count). The number of amides is 3. The highest BCUT2D eigenvalue weighted by molar-refractivity contribution is 9.10. The second-order valence-corrected chi connectivity index (χ2v) is 6.50. The number of furan rings is 1. The van der Waals surface area contributed by atoms with Crippen molar-refractivity contribution < 1.29 is 18.4 Å². The Morgan fingerprint density at radius 3 is 2.62 bits per heavy atom. The predicted molar refractivity (Wildman–Crippen MR) is 92.7 cm³/mol. The molecule has 26 heavy (non-hydrogen) atoms. The number of carbonyl (C=O) groups is 2. The van der Waals surface area contributed by atoms with Gasteiger partial charge in [0.1, 0.15) is 12.6 Å². The maximum Gasteiger partial charge on any atom is 0.325 e. The lowest BCUT2D eigenvalue weighted by molar-refractivity contribution is -0.128. The molecular formula is C17H13BrN4O4. The Balaban J connectivity index is 1.46. The Kier molecular flexibility index (Phi) is 4.29. The van der Waals surface area contributed by atoms with Crippen molar-refractivity contribution in [2.75, 3.05) is 0 Å². The molecule has 0 spiro atoms. The van der Waals surface area contributed by atoms with E-state index in [0.29, 0.717) is 16.9 Å². The summed E-state index contributed by atoms with van der Waals surface area (Å²) in [6.07, 6.45) is 0.428. The Bertz CT molecular complexity index is 953. The molecule has 1 saturated heterocycles. The average Bonchev–Trinajstić information content (AvgIpc) is 3.33. The van der Waals surface area contributed by atoms with Gasteiger partial charge in [-0.2, -0.15) is 0 Å². The number of carbonyl (C=O) groups excluding carboxylic acids is 2. The molecule has 1 aliphatic rings. The molecule has 132 valence electrons. The molecule has 1 N–H and O–H groups in total. The topological polar surface area (TPSA) is 101 Å². The number of urea groups is 1. The first-order valence-electron chi connectivity index (χ1n) is 7.84. The largest absolute Gasteiger partial charge is 0.444 e. The van der Waals surface area contributed by atoms with E-state index in [1.54, 1.807) is 12.1 Å². The van der Waals surface area contributed by atoms with E-state index in [9.17, 15) is 9.59 Å². The van der Waals surface area contributed by atoms with Crippen molar-refractivity contribution in [1.82, 2.24) is 20.4 Å². The SMILES string of the molecule is O=C1NC(Cc2ccccc2)C(=O)N1Cc1nnc(-c2ccc(Br)o2)o1. The highest BCUT2D eigenvalue weighted by Crippen LogP contribution is 2.24. The molecule has 9 heteroatoms. The maximum absolute atomic E-state index is 12.5. The summed E-state index contributed by atoms with van der Waals surface area (Å²) in [6.45, 7) is -0.0924. The van der Waals surface area contributed by atoms with Gasteiger partial charge >= 0.3 is 6.03 Å². The third-order valence-electron chi connectivity index (χ3n) is 3.93. The summed E-state index contributed by atoms with van der Waals surface area (Å²) in [5, 5.41) is 10.4. The van der Waals surface area contributed by atoms with E-state index in [0.717, 1.165) is 10.5 Å². The van der Waals surface area contributed by atoms with E-state index >= 15 is 0 Å². The fourth-order valence-electron chi connectivity index (χ4n) is 2.70. The molecule has 3 aromatic rings. The Morgan fingerprint density at radius 1 is 1.08 bits per heavy atom. The smallest absolute Gasteiger partial charge is 0.325 e. The highest BCUT2D eigenvalue weighted by Gasteiger charge is 2.38. The van der Waals surface area contributed by atoms with Crippen LogP contribution in [0.2, 0.25) is 0 Å². The average molecular weight is 417 g/mol. The first kappa shape index (κ1) is 16.5. The molecule has 3 amide bonds. The highest BCUT2D eigenvalue weighted by atomic mass is 79.9. The zero-order valence-electron chi connectivity index (χ0n) is 13.4. The van der Waals surface area contributed by atoms with Crippen LogP contribution in [0.3, 0.4) is 0 Å². The second-order valence-electron chi connectivity index (χ2n) is 5.72. The summed E-state index contributed by atoms with van der Waals surface area (Å²) < 4.78 is 11.4. The number of nitrogens with zero attached hydrogens (tertiary/aromatic N) is 3. The summed E-state index contributed by atoms with van der Waals surface area (Å²) in [5.74, 6) is 0.407. The Labute approximate surface area is 156 Å². The van der Waals surface area contributed by atoms with Crippen molar-refractivity contribution in [3.63, 3.8) is 0 Å². The number of hydrogen-bond acceptors (Lipinski definition) is 6. The molecule has 8 nitrogen and oxygen atoms in total. The van der Waals surface area contributed by atoms with Crippen molar-refractivity contribution in [3.05, 3.63) is 58.6 Å². The van der Waals surface area contributed by atoms with Gasteiger partial charge in [-0.25, -0.2) is 4.79 Å². The molecule has 1 atom stereocenters. The molecule has 0 saturated carbocycles. The molecule has 0 aliphatic carbocycles. The minimum atomic E-state index is -0.603. The molecular weight excluding hydrogens is 404 g/mol. The van der Waals surface area contributed by atoms with Gasteiger partial charge in [0.2, 0.25) is 5.89 Å². The molecule has 1 unspecified atom stereocenters. The van der Waals surface area contributed by atoms with Gasteiger partial charge in [0.15, 0.2) is 10.4 Å². The minimum Gasteiger partial charge on any atom is -0.444 e. The van der Waals surface area contributed by atoms with Gasteiger partial charge in [0.25, 0.3) is 11.8 Å². The predicted octanol–water partition coefficient (Wildman–Crippen LogP) is 2.76. The Hall–Kier alpha value is -2.94. The lowest BCUT2D eigenvalue weighted by atomic mass is 10.1. The van der Waals surface area contributed by atoms with Crippen LogP contribution in [-0.4, -0.2) is 33.1 Å². The maximum atomic E-state index is 12.5. The molecule has 1 aromatic carbocycles. The summed E-state index contributed by atoms with van der Waals surface area (Å²) >= 11 is 3.19. The van der Waals surface area contributed by atoms with Gasteiger partial charge in [0, 0.05) is 6.42 Å². The van der Waals surface area contributed by atoms with Gasteiger partial charge in [-0.3, -0.25) is 9.69 Å². The number of aromatic nitrogens is 2. The first-order chi connectivity index (χ1) is 12.6. The van der Waals surface area contributed by atoms with Crippen LogP contribution in [0.5, 0.6) is 0 Å². The van der Waals surface area contributed by atoms with Crippen LogP contribution in [-0.2, 0) is 17.8 Å². The summed E-state index contributed by atoms with van der Waals surface area (Å²) in [6, 6.07) is 11.8. The van der Waals surface area contributed by atoms with Crippen LogP contribution in [0.25, 0.3) is 11.7 Å². The summed E-state index contributed by atoms with van der Waals surface area (Å²) in [5.41, 5.74) is 0.969. The molecule has 2 aromatic heterocycles. The number of imide groups is 1. The van der Waals surface area contributed by atoms with Crippen molar-refractivity contribution in [3.8, 4) is 11.7 Å². The Morgan fingerprint density at radius 2 is 1.88 bits per heavy atom. The first-order valence-corrected chi connectivity index (χ1v) is 8.63. The molecule has 0 bridgehead atoms. The van der Waals surface area contributed by atoms with E-state index in [1.165, 1.54) is 0 Å². The zero-order valence-corrected chi connectivity index (χ0v) is 15.0. The van der Waals surface area contributed by atoms with Crippen LogP contribution in [0, 0.1) is 0 Å². The fourth-order valence-corrected chi connectivity index (χ4v) is 3.00. The molecule has 0 radical (unpaired) electrons. The van der Waals surface area contributed by atoms with Crippen LogP contribution < -0.4 is 5.32 Å². The summed E-state index contributed by atoms with van der Waals surface area (Å²) in [7, 11) is 0. The fraction of sp³-hybridized carbons (Fsp3) is 0.176. The van der Waals surface area contributed by atoms with Crippen LogP contribution in [0.4, 0.5) is 4.79 Å². The van der Waals surface area contributed by atoms with Crippen molar-refractivity contribution in [1.29, 1.82) is 0 Å². The third-order valence-corrected chi connectivity index (χ3v) is 4.36. The molecule has 3 heterocycles. The minimum absolute atomic E-state index is 0.0924. The van der Waals surface area contributed by atoms with Gasteiger partial charge in [-0.1, -0.05) is 30.3 Å². The van der Waals surface area contributed by atoms with Crippen LogP contribution in [0.15, 0.2) is 56.0 Å². The van der Waals surface area contributed by atoms with Crippen molar-refractivity contribution >= 4 is 27.9 Å². The standard InChI is InChI=1S/C17H13BrN4O4/c18-13-7-6-12(25-13)15-21-20-14(26-15)9-22-16(23)11(19-17(22)24)8-10-4-2-1-3-5-10/h1-7,11H,8-9H2,(H,19,24). The van der Waals surface area contributed by atoms with Crippen LogP contribution in [0.1, 0.15) is 11.5 Å². The number of rotatable bonds is 5. The second kappa shape index (κ2) is 6.75.